The Morgan fingerprint density at radius 2 is 2.11 bits per heavy atom. The van der Waals surface area contributed by atoms with Crippen LogP contribution in [0.5, 0.6) is 5.75 Å². The number of nitrogens with zero attached hydrogens (tertiary/aromatic N) is 2. The number of amides is 1. The molecule has 2 aromatic rings. The number of carbonyl (C=O) groups is 1. The SMILES string of the molecule is Cc1ncc(CN(C)C(=O)Oc2ccccc2)s1. The maximum Gasteiger partial charge on any atom is 0.415 e. The molecule has 0 aliphatic rings. The van der Waals surface area contributed by atoms with Gasteiger partial charge >= 0.3 is 6.09 Å². The molecule has 1 heterocycles. The number of thiazole rings is 1. The minimum Gasteiger partial charge on any atom is -0.410 e. The highest BCUT2D eigenvalue weighted by atomic mass is 32.1. The van der Waals surface area contributed by atoms with Crippen molar-refractivity contribution in [2.24, 2.45) is 0 Å². The minimum atomic E-state index is -0.368. The van der Waals surface area contributed by atoms with Gasteiger partial charge in [-0.15, -0.1) is 11.3 Å². The highest BCUT2D eigenvalue weighted by Crippen LogP contribution is 2.15. The molecule has 2 rings (SSSR count). The molecule has 1 aromatic carbocycles. The van der Waals surface area contributed by atoms with Gasteiger partial charge in [-0.3, -0.25) is 0 Å². The molecule has 0 atom stereocenters. The third-order valence-electron chi connectivity index (χ3n) is 2.32. The van der Waals surface area contributed by atoms with E-state index in [4.69, 9.17) is 4.74 Å². The van der Waals surface area contributed by atoms with Crippen LogP contribution >= 0.6 is 11.3 Å². The molecule has 5 heteroatoms. The fourth-order valence-corrected chi connectivity index (χ4v) is 2.29. The predicted octanol–water partition coefficient (Wildman–Crippen LogP) is 3.08. The van der Waals surface area contributed by atoms with Crippen molar-refractivity contribution < 1.29 is 9.53 Å². The minimum absolute atomic E-state index is 0.368. The summed E-state index contributed by atoms with van der Waals surface area (Å²) in [5, 5.41) is 0.995. The number of aryl methyl sites for hydroxylation is 1. The van der Waals surface area contributed by atoms with Gasteiger partial charge in [0.15, 0.2) is 0 Å². The molecule has 0 fully saturated rings. The van der Waals surface area contributed by atoms with Crippen LogP contribution in [0.1, 0.15) is 9.88 Å². The quantitative estimate of drug-likeness (QED) is 0.853. The van der Waals surface area contributed by atoms with Crippen molar-refractivity contribution in [2.45, 2.75) is 13.5 Å². The van der Waals surface area contributed by atoms with Crippen LogP contribution in [0.4, 0.5) is 4.79 Å². The molecule has 94 valence electrons. The Bertz CT molecular complexity index is 525. The molecule has 0 saturated heterocycles. The van der Waals surface area contributed by atoms with Crippen molar-refractivity contribution in [1.82, 2.24) is 9.88 Å². The zero-order chi connectivity index (χ0) is 13.0. The third-order valence-corrected chi connectivity index (χ3v) is 3.22. The number of carbonyl (C=O) groups excluding carboxylic acids is 1. The summed E-state index contributed by atoms with van der Waals surface area (Å²) in [6, 6.07) is 9.04. The van der Waals surface area contributed by atoms with E-state index >= 15 is 0 Å². The average molecular weight is 262 g/mol. The van der Waals surface area contributed by atoms with Gasteiger partial charge in [0, 0.05) is 18.1 Å². The molecule has 0 bridgehead atoms. The first-order valence-electron chi connectivity index (χ1n) is 5.54. The highest BCUT2D eigenvalue weighted by Gasteiger charge is 2.12. The van der Waals surface area contributed by atoms with Crippen LogP contribution in [-0.2, 0) is 6.54 Å². The van der Waals surface area contributed by atoms with E-state index in [1.807, 2.05) is 25.1 Å². The summed E-state index contributed by atoms with van der Waals surface area (Å²) >= 11 is 1.58. The fraction of sp³-hybridized carbons (Fsp3) is 0.231. The van der Waals surface area contributed by atoms with Gasteiger partial charge in [0.1, 0.15) is 5.75 Å². The van der Waals surface area contributed by atoms with Gasteiger partial charge in [-0.25, -0.2) is 9.78 Å². The number of para-hydroxylation sites is 1. The Hall–Kier alpha value is -1.88. The summed E-state index contributed by atoms with van der Waals surface area (Å²) in [5.41, 5.74) is 0. The number of hydrogen-bond donors (Lipinski definition) is 0. The van der Waals surface area contributed by atoms with Gasteiger partial charge in [-0.1, -0.05) is 18.2 Å². The van der Waals surface area contributed by atoms with Crippen LogP contribution in [0.2, 0.25) is 0 Å². The molecule has 0 spiro atoms. The summed E-state index contributed by atoms with van der Waals surface area (Å²) in [4.78, 5) is 18.5. The topological polar surface area (TPSA) is 42.4 Å². The summed E-state index contributed by atoms with van der Waals surface area (Å²) in [6.45, 7) is 2.45. The second kappa shape index (κ2) is 5.64. The van der Waals surface area contributed by atoms with Crippen molar-refractivity contribution in [3.63, 3.8) is 0 Å². The lowest BCUT2D eigenvalue weighted by molar-refractivity contribution is 0.161. The fourth-order valence-electron chi connectivity index (χ4n) is 1.44. The summed E-state index contributed by atoms with van der Waals surface area (Å²) in [6.07, 6.45) is 1.42. The van der Waals surface area contributed by atoms with Gasteiger partial charge in [0.2, 0.25) is 0 Å². The van der Waals surface area contributed by atoms with E-state index in [1.165, 1.54) is 4.90 Å². The smallest absolute Gasteiger partial charge is 0.410 e. The van der Waals surface area contributed by atoms with Crippen LogP contribution in [0.15, 0.2) is 36.5 Å². The zero-order valence-corrected chi connectivity index (χ0v) is 11.1. The Labute approximate surface area is 110 Å². The molecule has 4 nitrogen and oxygen atoms in total. The number of benzene rings is 1. The standard InChI is InChI=1S/C13H14N2O2S/c1-10-14-8-12(18-10)9-15(2)13(16)17-11-6-4-3-5-7-11/h3-8H,9H2,1-2H3. The lowest BCUT2D eigenvalue weighted by atomic mass is 10.3. The van der Waals surface area contributed by atoms with Crippen molar-refractivity contribution >= 4 is 17.4 Å². The summed E-state index contributed by atoms with van der Waals surface area (Å²) < 4.78 is 5.23. The molecule has 0 saturated carbocycles. The Kier molecular flexibility index (Phi) is 3.94. The predicted molar refractivity (Wildman–Crippen MR) is 70.8 cm³/mol. The van der Waals surface area contributed by atoms with E-state index < -0.39 is 0 Å². The van der Waals surface area contributed by atoms with Gasteiger partial charge in [0.25, 0.3) is 0 Å². The van der Waals surface area contributed by atoms with Crippen LogP contribution in [0, 0.1) is 6.92 Å². The highest BCUT2D eigenvalue weighted by molar-refractivity contribution is 7.11. The Morgan fingerprint density at radius 3 is 2.72 bits per heavy atom. The number of ether oxygens (including phenoxy) is 1. The molecule has 0 aliphatic heterocycles. The first-order chi connectivity index (χ1) is 8.65. The lowest BCUT2D eigenvalue weighted by Crippen LogP contribution is -2.28. The van der Waals surface area contributed by atoms with Crippen LogP contribution < -0.4 is 4.74 Å². The van der Waals surface area contributed by atoms with E-state index in [0.29, 0.717) is 12.3 Å². The second-order valence-electron chi connectivity index (χ2n) is 3.88. The first kappa shape index (κ1) is 12.6. The van der Waals surface area contributed by atoms with Crippen LogP contribution in [-0.4, -0.2) is 23.0 Å². The largest absolute Gasteiger partial charge is 0.415 e. The molecule has 0 aliphatic carbocycles. The van der Waals surface area contributed by atoms with Crippen molar-refractivity contribution in [3.05, 3.63) is 46.4 Å². The van der Waals surface area contributed by atoms with Crippen molar-refractivity contribution in [1.29, 1.82) is 0 Å². The third kappa shape index (κ3) is 3.30. The number of hydrogen-bond acceptors (Lipinski definition) is 4. The molecular formula is C13H14N2O2S. The molecule has 0 unspecified atom stereocenters. The summed E-state index contributed by atoms with van der Waals surface area (Å²) in [5.74, 6) is 0.551. The van der Waals surface area contributed by atoms with Crippen molar-refractivity contribution in [3.8, 4) is 5.75 Å². The monoisotopic (exact) mass is 262 g/mol. The molecular weight excluding hydrogens is 248 g/mol. The van der Waals surface area contributed by atoms with E-state index in [-0.39, 0.29) is 6.09 Å². The van der Waals surface area contributed by atoms with Gasteiger partial charge in [0.05, 0.1) is 11.6 Å². The first-order valence-corrected chi connectivity index (χ1v) is 6.36. The normalized spacial score (nSPS) is 10.1. The molecule has 18 heavy (non-hydrogen) atoms. The van der Waals surface area contributed by atoms with Gasteiger partial charge in [-0.05, 0) is 19.1 Å². The van der Waals surface area contributed by atoms with E-state index in [2.05, 4.69) is 4.98 Å². The Morgan fingerprint density at radius 1 is 1.39 bits per heavy atom. The number of rotatable bonds is 3. The van der Waals surface area contributed by atoms with E-state index in [9.17, 15) is 4.79 Å². The lowest BCUT2D eigenvalue weighted by Gasteiger charge is -2.15. The molecule has 0 N–H and O–H groups in total. The van der Waals surface area contributed by atoms with E-state index in [0.717, 1.165) is 9.88 Å². The van der Waals surface area contributed by atoms with Gasteiger partial charge < -0.3 is 9.64 Å². The van der Waals surface area contributed by atoms with Gasteiger partial charge in [-0.2, -0.15) is 0 Å². The molecule has 1 aromatic heterocycles. The van der Waals surface area contributed by atoms with Crippen molar-refractivity contribution in [2.75, 3.05) is 7.05 Å². The second-order valence-corrected chi connectivity index (χ2v) is 5.20. The van der Waals surface area contributed by atoms with Crippen LogP contribution in [0.3, 0.4) is 0 Å². The summed E-state index contributed by atoms with van der Waals surface area (Å²) in [7, 11) is 1.71. The average Bonchev–Trinajstić information content (AvgIpc) is 2.76. The maximum absolute atomic E-state index is 11.8. The Balaban J connectivity index is 1.93. The molecule has 1 amide bonds. The molecule has 0 radical (unpaired) electrons. The van der Waals surface area contributed by atoms with Crippen LogP contribution in [0.25, 0.3) is 0 Å². The maximum atomic E-state index is 11.8. The van der Waals surface area contributed by atoms with E-state index in [1.54, 1.807) is 36.7 Å². The zero-order valence-electron chi connectivity index (χ0n) is 10.3. The number of aromatic nitrogens is 1.